The molecule has 1 aliphatic heterocycles. The van der Waals surface area contributed by atoms with E-state index in [0.717, 1.165) is 24.8 Å². The zero-order chi connectivity index (χ0) is 15.5. The number of piperidine rings is 1. The minimum Gasteiger partial charge on any atom is -0.330 e. The molecule has 2 atom stereocenters. The van der Waals surface area contributed by atoms with Crippen molar-refractivity contribution in [2.45, 2.75) is 25.2 Å². The fourth-order valence-electron chi connectivity index (χ4n) is 3.05. The second kappa shape index (κ2) is 7.09. The van der Waals surface area contributed by atoms with Crippen molar-refractivity contribution >= 4 is 21.6 Å². The summed E-state index contributed by atoms with van der Waals surface area (Å²) in [6.45, 7) is 1.80. The van der Waals surface area contributed by atoms with Gasteiger partial charge in [-0.15, -0.1) is 0 Å². The summed E-state index contributed by atoms with van der Waals surface area (Å²) in [7, 11) is -3.09. The molecule has 4 nitrogen and oxygen atoms in total. The average Bonchev–Trinajstić information content (AvgIpc) is 2.44. The van der Waals surface area contributed by atoms with Gasteiger partial charge in [0.2, 0.25) is 10.0 Å². The molecule has 1 aromatic rings. The number of hydrogen-bond donors (Lipinski definition) is 1. The summed E-state index contributed by atoms with van der Waals surface area (Å²) in [6, 6.07) is 7.78. The normalized spacial score (nSPS) is 22.1. The lowest BCUT2D eigenvalue weighted by atomic mass is 9.85. The number of hydrogen-bond acceptors (Lipinski definition) is 3. The lowest BCUT2D eigenvalue weighted by Crippen LogP contribution is -2.39. The van der Waals surface area contributed by atoms with E-state index in [9.17, 15) is 8.42 Å². The van der Waals surface area contributed by atoms with Crippen molar-refractivity contribution in [1.82, 2.24) is 4.31 Å². The molecular formula is C15H23ClN2O2S. The van der Waals surface area contributed by atoms with Gasteiger partial charge < -0.3 is 5.73 Å². The minimum atomic E-state index is -3.09. The van der Waals surface area contributed by atoms with E-state index in [1.54, 1.807) is 4.31 Å². The maximum atomic E-state index is 11.7. The Hall–Kier alpha value is -0.620. The number of nitrogens with zero attached hydrogens (tertiary/aromatic N) is 1. The first-order valence-electron chi connectivity index (χ1n) is 7.31. The number of sulfonamides is 1. The van der Waals surface area contributed by atoms with Crippen molar-refractivity contribution in [2.75, 3.05) is 25.9 Å². The fraction of sp³-hybridized carbons (Fsp3) is 0.600. The molecule has 0 amide bonds. The largest absolute Gasteiger partial charge is 0.330 e. The highest BCUT2D eigenvalue weighted by Gasteiger charge is 2.27. The highest BCUT2D eigenvalue weighted by Crippen LogP contribution is 2.30. The maximum absolute atomic E-state index is 11.7. The van der Waals surface area contributed by atoms with Gasteiger partial charge in [0.1, 0.15) is 0 Å². The van der Waals surface area contributed by atoms with Gasteiger partial charge in [-0.05, 0) is 55.3 Å². The van der Waals surface area contributed by atoms with E-state index in [2.05, 4.69) is 0 Å². The number of halogens is 1. The van der Waals surface area contributed by atoms with Gasteiger partial charge in [-0.25, -0.2) is 12.7 Å². The van der Waals surface area contributed by atoms with Crippen LogP contribution in [-0.4, -0.2) is 38.6 Å². The Labute approximate surface area is 132 Å². The molecule has 1 heterocycles. The molecule has 0 aliphatic carbocycles. The van der Waals surface area contributed by atoms with E-state index >= 15 is 0 Å². The zero-order valence-corrected chi connectivity index (χ0v) is 13.9. The molecule has 21 heavy (non-hydrogen) atoms. The van der Waals surface area contributed by atoms with Crippen LogP contribution < -0.4 is 5.73 Å². The predicted octanol–water partition coefficient (Wildman–Crippen LogP) is 2.44. The molecule has 1 aliphatic rings. The van der Waals surface area contributed by atoms with Gasteiger partial charge in [0, 0.05) is 18.1 Å². The highest BCUT2D eigenvalue weighted by atomic mass is 35.5. The highest BCUT2D eigenvalue weighted by molar-refractivity contribution is 7.88. The van der Waals surface area contributed by atoms with Crippen LogP contribution in [0.3, 0.4) is 0 Å². The molecule has 1 saturated heterocycles. The van der Waals surface area contributed by atoms with Crippen molar-refractivity contribution in [3.63, 3.8) is 0 Å². The Balaban J connectivity index is 2.05. The molecule has 1 aromatic carbocycles. The van der Waals surface area contributed by atoms with E-state index in [0.29, 0.717) is 30.6 Å². The smallest absolute Gasteiger partial charge is 0.211 e. The Morgan fingerprint density at radius 2 is 2.24 bits per heavy atom. The molecule has 0 aromatic heterocycles. The van der Waals surface area contributed by atoms with Crippen LogP contribution >= 0.6 is 11.6 Å². The number of rotatable bonds is 5. The number of nitrogens with two attached hydrogens (primary N) is 1. The Bertz CT molecular complexity index is 577. The molecule has 2 unspecified atom stereocenters. The third-order valence-corrected chi connectivity index (χ3v) is 5.68. The van der Waals surface area contributed by atoms with Gasteiger partial charge in [0.05, 0.1) is 6.26 Å². The van der Waals surface area contributed by atoms with E-state index in [1.165, 1.54) is 6.26 Å². The van der Waals surface area contributed by atoms with Gasteiger partial charge in [-0.1, -0.05) is 23.7 Å². The van der Waals surface area contributed by atoms with Crippen molar-refractivity contribution < 1.29 is 8.42 Å². The van der Waals surface area contributed by atoms with Crippen LogP contribution in [0.4, 0.5) is 0 Å². The predicted molar refractivity (Wildman–Crippen MR) is 87.0 cm³/mol. The first kappa shape index (κ1) is 16.7. The zero-order valence-electron chi connectivity index (χ0n) is 12.3. The lowest BCUT2D eigenvalue weighted by Gasteiger charge is -2.33. The molecule has 2 N–H and O–H groups in total. The molecule has 6 heteroatoms. The molecule has 2 rings (SSSR count). The summed E-state index contributed by atoms with van der Waals surface area (Å²) < 4.78 is 25.0. The van der Waals surface area contributed by atoms with Crippen molar-refractivity contribution in [1.29, 1.82) is 0 Å². The summed E-state index contributed by atoms with van der Waals surface area (Å²) in [6.07, 6.45) is 4.17. The van der Waals surface area contributed by atoms with E-state index in [-0.39, 0.29) is 5.92 Å². The summed E-state index contributed by atoms with van der Waals surface area (Å²) in [4.78, 5) is 0. The standard InChI is InChI=1S/C15H23ClN2O2S/c1-21(19,20)18-7-3-4-12(11-18)8-14(10-17)13-5-2-6-15(16)9-13/h2,5-6,9,12,14H,3-4,7-8,10-11,17H2,1H3. The van der Waals surface area contributed by atoms with Crippen LogP contribution in [0.1, 0.15) is 30.7 Å². The second-order valence-electron chi connectivity index (χ2n) is 5.85. The molecule has 0 spiro atoms. The fourth-order valence-corrected chi connectivity index (χ4v) is 4.19. The van der Waals surface area contributed by atoms with Crippen molar-refractivity contribution in [3.05, 3.63) is 34.9 Å². The van der Waals surface area contributed by atoms with Gasteiger partial charge in [-0.2, -0.15) is 0 Å². The lowest BCUT2D eigenvalue weighted by molar-refractivity contribution is 0.247. The Morgan fingerprint density at radius 3 is 2.86 bits per heavy atom. The third kappa shape index (κ3) is 4.68. The van der Waals surface area contributed by atoms with Crippen molar-refractivity contribution in [2.24, 2.45) is 11.7 Å². The molecule has 1 fully saturated rings. The minimum absolute atomic E-state index is 0.230. The SMILES string of the molecule is CS(=O)(=O)N1CCCC(CC(CN)c2cccc(Cl)c2)C1. The summed E-state index contributed by atoms with van der Waals surface area (Å²) in [5.74, 6) is 0.592. The maximum Gasteiger partial charge on any atom is 0.211 e. The summed E-state index contributed by atoms with van der Waals surface area (Å²) in [5.41, 5.74) is 7.06. The third-order valence-electron chi connectivity index (χ3n) is 4.17. The average molecular weight is 331 g/mol. The topological polar surface area (TPSA) is 63.4 Å². The monoisotopic (exact) mass is 330 g/mol. The van der Waals surface area contributed by atoms with Gasteiger partial charge in [-0.3, -0.25) is 0 Å². The van der Waals surface area contributed by atoms with Gasteiger partial charge >= 0.3 is 0 Å². The van der Waals surface area contributed by atoms with E-state index in [1.807, 2.05) is 24.3 Å². The first-order valence-corrected chi connectivity index (χ1v) is 9.53. The molecule has 0 saturated carbocycles. The Morgan fingerprint density at radius 1 is 1.48 bits per heavy atom. The first-order chi connectivity index (χ1) is 9.90. The number of benzene rings is 1. The summed E-state index contributed by atoms with van der Waals surface area (Å²) >= 11 is 6.04. The van der Waals surface area contributed by atoms with Crippen LogP contribution in [-0.2, 0) is 10.0 Å². The molecule has 0 radical (unpaired) electrons. The quantitative estimate of drug-likeness (QED) is 0.902. The molecule has 0 bridgehead atoms. The van der Waals surface area contributed by atoms with Crippen LogP contribution in [0.25, 0.3) is 0 Å². The molecule has 118 valence electrons. The second-order valence-corrected chi connectivity index (χ2v) is 8.27. The van der Waals surface area contributed by atoms with Gasteiger partial charge in [0.25, 0.3) is 0 Å². The van der Waals surface area contributed by atoms with Crippen LogP contribution in [0.5, 0.6) is 0 Å². The van der Waals surface area contributed by atoms with Crippen LogP contribution in [0.15, 0.2) is 24.3 Å². The Kier molecular flexibility index (Phi) is 5.66. The van der Waals surface area contributed by atoms with Crippen molar-refractivity contribution in [3.8, 4) is 0 Å². The van der Waals surface area contributed by atoms with Crippen LogP contribution in [0, 0.1) is 5.92 Å². The molecular weight excluding hydrogens is 308 g/mol. The summed E-state index contributed by atoms with van der Waals surface area (Å²) in [5, 5.41) is 0.715. The van der Waals surface area contributed by atoms with Gasteiger partial charge in [0.15, 0.2) is 0 Å². The van der Waals surface area contributed by atoms with E-state index in [4.69, 9.17) is 17.3 Å². The van der Waals surface area contributed by atoms with E-state index < -0.39 is 10.0 Å². The van der Waals surface area contributed by atoms with Crippen LogP contribution in [0.2, 0.25) is 5.02 Å².